The van der Waals surface area contributed by atoms with E-state index in [0.29, 0.717) is 31.9 Å². The summed E-state index contributed by atoms with van der Waals surface area (Å²) < 4.78 is 0. The number of halogens is 4. The third-order valence-corrected chi connectivity index (χ3v) is 11.7. The van der Waals surface area contributed by atoms with Gasteiger partial charge in [-0.05, 0) is 88.0 Å². The van der Waals surface area contributed by atoms with E-state index < -0.39 is 0 Å². The van der Waals surface area contributed by atoms with Crippen molar-refractivity contribution in [3.8, 4) is 0 Å². The minimum absolute atomic E-state index is 0.158. The molecule has 2 amide bonds. The first-order chi connectivity index (χ1) is 22.8. The molecule has 12 heteroatoms. The van der Waals surface area contributed by atoms with Crippen molar-refractivity contribution in [3.05, 3.63) is 56.5 Å². The number of rotatable bonds is 5. The SMILES string of the molecule is O=C(C1CCCNC1)N1CCN(c2ccc(Cl)c(Cl)c2)CC1.O=C([C@H]1CCCN(C2CC2)C1)N1CCN(c2ccc(Cl)c(Cl)c2)CC1. The molecule has 4 aliphatic heterocycles. The van der Waals surface area contributed by atoms with Crippen molar-refractivity contribution in [2.24, 2.45) is 11.8 Å². The highest BCUT2D eigenvalue weighted by atomic mass is 35.5. The van der Waals surface area contributed by atoms with E-state index in [9.17, 15) is 9.59 Å². The molecule has 5 fully saturated rings. The van der Waals surface area contributed by atoms with E-state index in [1.165, 1.54) is 19.4 Å². The average molecular weight is 725 g/mol. The topological polar surface area (TPSA) is 62.4 Å². The third kappa shape index (κ3) is 9.00. The van der Waals surface area contributed by atoms with Crippen molar-refractivity contribution in [2.45, 2.75) is 44.6 Å². The molecule has 2 aromatic carbocycles. The second-order valence-electron chi connectivity index (χ2n) is 13.4. The average Bonchev–Trinajstić information content (AvgIpc) is 3.97. The first-order valence-corrected chi connectivity index (χ1v) is 18.7. The monoisotopic (exact) mass is 722 g/mol. The molecule has 0 spiro atoms. The number of carbonyl (C=O) groups excluding carboxylic acids is 2. The highest BCUT2D eigenvalue weighted by molar-refractivity contribution is 6.42. The highest BCUT2D eigenvalue weighted by Gasteiger charge is 2.36. The van der Waals surface area contributed by atoms with Crippen molar-refractivity contribution in [3.63, 3.8) is 0 Å². The van der Waals surface area contributed by atoms with Crippen molar-refractivity contribution in [1.82, 2.24) is 20.0 Å². The molecule has 5 aliphatic rings. The zero-order chi connectivity index (χ0) is 32.9. The maximum Gasteiger partial charge on any atom is 0.227 e. The van der Waals surface area contributed by atoms with E-state index in [-0.39, 0.29) is 11.8 Å². The summed E-state index contributed by atoms with van der Waals surface area (Å²) in [5.74, 6) is 1.02. The summed E-state index contributed by atoms with van der Waals surface area (Å²) in [4.78, 5) is 36.6. The number of nitrogens with zero attached hydrogens (tertiary/aromatic N) is 5. The Morgan fingerprint density at radius 3 is 1.57 bits per heavy atom. The fourth-order valence-electron chi connectivity index (χ4n) is 7.29. The number of hydrogen-bond acceptors (Lipinski definition) is 6. The number of carbonyl (C=O) groups is 2. The Bertz CT molecular complexity index is 1390. The Hall–Kier alpha value is -1.94. The zero-order valence-corrected chi connectivity index (χ0v) is 30.0. The van der Waals surface area contributed by atoms with Crippen LogP contribution in [0.1, 0.15) is 38.5 Å². The fourth-order valence-corrected chi connectivity index (χ4v) is 7.88. The number of piperazine rings is 2. The summed E-state index contributed by atoms with van der Waals surface area (Å²) in [5.41, 5.74) is 2.15. The van der Waals surface area contributed by atoms with Crippen LogP contribution in [0.3, 0.4) is 0 Å². The van der Waals surface area contributed by atoms with Crippen LogP contribution < -0.4 is 15.1 Å². The Balaban J connectivity index is 0.000000166. The fraction of sp³-hybridized carbons (Fsp3) is 0.600. The number of piperidine rings is 2. The molecule has 47 heavy (non-hydrogen) atoms. The summed E-state index contributed by atoms with van der Waals surface area (Å²) in [6.45, 7) is 10.5. The maximum absolute atomic E-state index is 12.9. The quantitative estimate of drug-likeness (QED) is 0.399. The lowest BCUT2D eigenvalue weighted by atomic mass is 9.96. The van der Waals surface area contributed by atoms with E-state index in [0.717, 1.165) is 115 Å². The number of likely N-dealkylation sites (tertiary alicyclic amines) is 1. The lowest BCUT2D eigenvalue weighted by Gasteiger charge is -2.40. The van der Waals surface area contributed by atoms with Crippen molar-refractivity contribution in [2.75, 3.05) is 88.3 Å². The number of nitrogens with one attached hydrogen (secondary N) is 1. The first kappa shape index (κ1) is 34.9. The lowest BCUT2D eigenvalue weighted by Crippen LogP contribution is -2.52. The molecular formula is C35H46Cl4N6O2. The Kier molecular flexibility index (Phi) is 12.0. The maximum atomic E-state index is 12.9. The van der Waals surface area contributed by atoms with Gasteiger partial charge >= 0.3 is 0 Å². The van der Waals surface area contributed by atoms with Crippen LogP contribution in [0, 0.1) is 11.8 Å². The molecule has 0 radical (unpaired) electrons. The van der Waals surface area contributed by atoms with Crippen LogP contribution in [0.15, 0.2) is 36.4 Å². The van der Waals surface area contributed by atoms with E-state index in [1.807, 2.05) is 41.3 Å². The third-order valence-electron chi connectivity index (χ3n) is 10.2. The van der Waals surface area contributed by atoms with Crippen LogP contribution in [0.5, 0.6) is 0 Å². The van der Waals surface area contributed by atoms with Gasteiger partial charge in [0.2, 0.25) is 11.8 Å². The van der Waals surface area contributed by atoms with Gasteiger partial charge in [-0.1, -0.05) is 46.4 Å². The van der Waals surface area contributed by atoms with E-state index in [2.05, 4.69) is 24.9 Å². The van der Waals surface area contributed by atoms with Gasteiger partial charge in [0, 0.05) is 82.9 Å². The Labute approximate surface area is 299 Å². The number of hydrogen-bond donors (Lipinski definition) is 1. The molecule has 4 heterocycles. The van der Waals surface area contributed by atoms with Crippen LogP contribution in [0.4, 0.5) is 11.4 Å². The minimum atomic E-state index is 0.158. The molecule has 2 aromatic rings. The van der Waals surface area contributed by atoms with Gasteiger partial charge in [0.1, 0.15) is 0 Å². The predicted octanol–water partition coefficient (Wildman–Crippen LogP) is 6.16. The van der Waals surface area contributed by atoms with Gasteiger partial charge in [-0.15, -0.1) is 0 Å². The van der Waals surface area contributed by atoms with Gasteiger partial charge in [-0.2, -0.15) is 0 Å². The van der Waals surface area contributed by atoms with Gasteiger partial charge in [0.25, 0.3) is 0 Å². The zero-order valence-electron chi connectivity index (χ0n) is 27.0. The molecule has 7 rings (SSSR count). The summed E-state index contributed by atoms with van der Waals surface area (Å²) in [6, 6.07) is 12.2. The van der Waals surface area contributed by atoms with Crippen LogP contribution in [-0.4, -0.2) is 111 Å². The molecule has 0 bridgehead atoms. The molecule has 8 nitrogen and oxygen atoms in total. The molecular weight excluding hydrogens is 678 g/mol. The number of amides is 2. The normalized spacial score (nSPS) is 24.1. The standard InChI is InChI=1S/C19H25Cl2N3O.C16H21Cl2N3O/c20-17-6-5-16(12-18(17)21)22-8-10-23(11-9-22)19(25)14-2-1-7-24(13-14)15-3-4-15;17-14-4-3-13(10-15(14)18)20-6-8-21(9-7-20)16(22)12-2-1-5-19-11-12/h5-6,12,14-15H,1-4,7-11,13H2;3-4,10,12,19H,1-2,5-9,11H2/t14-;/m0./s1. The lowest BCUT2D eigenvalue weighted by molar-refractivity contribution is -0.138. The molecule has 256 valence electrons. The van der Waals surface area contributed by atoms with Crippen LogP contribution >= 0.6 is 46.4 Å². The first-order valence-electron chi connectivity index (χ1n) is 17.2. The van der Waals surface area contributed by atoms with Gasteiger partial charge in [-0.3, -0.25) is 14.5 Å². The molecule has 2 atom stereocenters. The van der Waals surface area contributed by atoms with Crippen molar-refractivity contribution in [1.29, 1.82) is 0 Å². The second kappa shape index (κ2) is 16.2. The Morgan fingerprint density at radius 2 is 1.11 bits per heavy atom. The number of benzene rings is 2. The summed E-state index contributed by atoms with van der Waals surface area (Å²) in [5, 5.41) is 5.63. The van der Waals surface area contributed by atoms with Gasteiger partial charge in [0.15, 0.2) is 0 Å². The molecule has 0 aromatic heterocycles. The summed E-state index contributed by atoms with van der Waals surface area (Å²) >= 11 is 24.2. The van der Waals surface area contributed by atoms with Crippen LogP contribution in [-0.2, 0) is 9.59 Å². The van der Waals surface area contributed by atoms with Crippen LogP contribution in [0.25, 0.3) is 0 Å². The molecule has 4 saturated heterocycles. The molecule has 1 aliphatic carbocycles. The Morgan fingerprint density at radius 1 is 0.596 bits per heavy atom. The van der Waals surface area contributed by atoms with Gasteiger partial charge in [-0.25, -0.2) is 0 Å². The van der Waals surface area contributed by atoms with Crippen LogP contribution in [0.2, 0.25) is 20.1 Å². The smallest absolute Gasteiger partial charge is 0.227 e. The molecule has 1 unspecified atom stereocenters. The second-order valence-corrected chi connectivity index (χ2v) is 15.1. The minimum Gasteiger partial charge on any atom is -0.368 e. The van der Waals surface area contributed by atoms with Crippen molar-refractivity contribution < 1.29 is 9.59 Å². The predicted molar refractivity (Wildman–Crippen MR) is 193 cm³/mol. The van der Waals surface area contributed by atoms with Crippen molar-refractivity contribution >= 4 is 69.6 Å². The highest BCUT2D eigenvalue weighted by Crippen LogP contribution is 2.32. The summed E-state index contributed by atoms with van der Waals surface area (Å²) in [6.07, 6.45) is 6.97. The van der Waals surface area contributed by atoms with Gasteiger partial charge in [0.05, 0.1) is 31.9 Å². The van der Waals surface area contributed by atoms with E-state index >= 15 is 0 Å². The van der Waals surface area contributed by atoms with E-state index in [4.69, 9.17) is 46.4 Å². The summed E-state index contributed by atoms with van der Waals surface area (Å²) in [7, 11) is 0. The van der Waals surface area contributed by atoms with Gasteiger partial charge < -0.3 is 24.9 Å². The molecule has 1 saturated carbocycles. The van der Waals surface area contributed by atoms with E-state index in [1.54, 1.807) is 0 Å². The largest absolute Gasteiger partial charge is 0.368 e. The number of anilines is 2. The molecule has 1 N–H and O–H groups in total.